The molecule has 0 radical (unpaired) electrons. The summed E-state index contributed by atoms with van der Waals surface area (Å²) in [5, 5.41) is 11.4. The number of hydrogen-bond donors (Lipinski definition) is 2. The number of amides is 1. The number of nitrogens with zero attached hydrogens (tertiary/aromatic N) is 2. The van der Waals surface area contributed by atoms with Crippen molar-refractivity contribution in [3.05, 3.63) is 18.2 Å². The number of aromatic nitrogens is 2. The maximum absolute atomic E-state index is 10.6. The summed E-state index contributed by atoms with van der Waals surface area (Å²) in [7, 11) is 0. The summed E-state index contributed by atoms with van der Waals surface area (Å²) in [5.74, 6) is -0.844. The van der Waals surface area contributed by atoms with E-state index in [4.69, 9.17) is 5.11 Å². The minimum absolute atomic E-state index is 0.0586. The largest absolute Gasteiger partial charge is 0.481 e. The highest BCUT2D eigenvalue weighted by Gasteiger charge is 2.26. The second-order valence-corrected chi connectivity index (χ2v) is 4.64. The third-order valence-corrected chi connectivity index (χ3v) is 3.15. The minimum atomic E-state index is -0.844. The summed E-state index contributed by atoms with van der Waals surface area (Å²) in [6.45, 7) is 0. The van der Waals surface area contributed by atoms with E-state index in [1.807, 2.05) is 6.33 Å². The number of carboxylic acids is 1. The summed E-state index contributed by atoms with van der Waals surface area (Å²) < 4.78 is 2.13. The number of imidazole rings is 1. The van der Waals surface area contributed by atoms with Gasteiger partial charge >= 0.3 is 5.97 Å². The van der Waals surface area contributed by atoms with Crippen LogP contribution >= 0.6 is 0 Å². The molecule has 98 valence electrons. The maximum atomic E-state index is 10.6. The molecule has 6 heteroatoms. The predicted molar refractivity (Wildman–Crippen MR) is 64.1 cm³/mol. The monoisotopic (exact) mass is 251 g/mol. The van der Waals surface area contributed by atoms with Crippen LogP contribution in [-0.2, 0) is 16.0 Å². The maximum Gasteiger partial charge on any atom is 0.303 e. The van der Waals surface area contributed by atoms with Crippen molar-refractivity contribution >= 4 is 12.4 Å². The zero-order valence-electron chi connectivity index (χ0n) is 10.1. The molecule has 1 atom stereocenters. The van der Waals surface area contributed by atoms with Crippen molar-refractivity contribution in [2.45, 2.75) is 44.2 Å². The molecular formula is C12H17N3O3. The van der Waals surface area contributed by atoms with E-state index >= 15 is 0 Å². The Morgan fingerprint density at radius 1 is 1.67 bits per heavy atom. The molecule has 2 N–H and O–H groups in total. The van der Waals surface area contributed by atoms with Crippen LogP contribution < -0.4 is 5.32 Å². The number of hydrogen-bond acceptors (Lipinski definition) is 3. The third-order valence-electron chi connectivity index (χ3n) is 3.15. The lowest BCUT2D eigenvalue weighted by molar-refractivity contribution is -0.137. The molecule has 0 bridgehead atoms. The van der Waals surface area contributed by atoms with Crippen LogP contribution in [0, 0.1) is 0 Å². The zero-order chi connectivity index (χ0) is 13.0. The van der Waals surface area contributed by atoms with E-state index in [9.17, 15) is 9.59 Å². The minimum Gasteiger partial charge on any atom is -0.481 e. The van der Waals surface area contributed by atoms with Gasteiger partial charge in [0.05, 0.1) is 6.33 Å². The lowest BCUT2D eigenvalue weighted by Crippen LogP contribution is -2.31. The van der Waals surface area contributed by atoms with Crippen molar-refractivity contribution in [3.8, 4) is 0 Å². The molecule has 1 fully saturated rings. The van der Waals surface area contributed by atoms with Gasteiger partial charge in [0.25, 0.3) is 0 Å². The Morgan fingerprint density at radius 2 is 2.44 bits per heavy atom. The lowest BCUT2D eigenvalue weighted by Gasteiger charge is -2.16. The molecule has 1 amide bonds. The van der Waals surface area contributed by atoms with Gasteiger partial charge in [0.2, 0.25) is 6.41 Å². The Morgan fingerprint density at radius 3 is 3.06 bits per heavy atom. The quantitative estimate of drug-likeness (QED) is 0.667. The Hall–Kier alpha value is -1.85. The normalized spacial score (nSPS) is 16.2. The van der Waals surface area contributed by atoms with Crippen LogP contribution in [0.4, 0.5) is 0 Å². The molecule has 18 heavy (non-hydrogen) atoms. The van der Waals surface area contributed by atoms with E-state index in [2.05, 4.69) is 14.9 Å². The zero-order valence-corrected chi connectivity index (χ0v) is 10.1. The van der Waals surface area contributed by atoms with Crippen LogP contribution in [0.2, 0.25) is 0 Å². The van der Waals surface area contributed by atoms with E-state index in [0.717, 1.165) is 5.69 Å². The fourth-order valence-corrected chi connectivity index (χ4v) is 2.06. The summed E-state index contributed by atoms with van der Waals surface area (Å²) in [6, 6.07) is 0.395. The third kappa shape index (κ3) is 3.32. The first kappa shape index (κ1) is 12.6. The first-order chi connectivity index (χ1) is 8.70. The van der Waals surface area contributed by atoms with Crippen LogP contribution in [-0.4, -0.2) is 33.1 Å². The van der Waals surface area contributed by atoms with Crippen molar-refractivity contribution in [1.82, 2.24) is 14.9 Å². The molecule has 0 spiro atoms. The van der Waals surface area contributed by atoms with E-state index in [-0.39, 0.29) is 12.5 Å². The lowest BCUT2D eigenvalue weighted by atomic mass is 10.1. The van der Waals surface area contributed by atoms with Crippen molar-refractivity contribution in [3.63, 3.8) is 0 Å². The van der Waals surface area contributed by atoms with Crippen molar-refractivity contribution in [1.29, 1.82) is 0 Å². The van der Waals surface area contributed by atoms with Gasteiger partial charge in [-0.1, -0.05) is 0 Å². The number of carbonyl (C=O) groups is 2. The Labute approximate surface area is 105 Å². The molecule has 2 rings (SSSR count). The topological polar surface area (TPSA) is 84.2 Å². The van der Waals surface area contributed by atoms with Crippen molar-refractivity contribution in [2.24, 2.45) is 0 Å². The van der Waals surface area contributed by atoms with Gasteiger partial charge < -0.3 is 15.0 Å². The van der Waals surface area contributed by atoms with Crippen molar-refractivity contribution < 1.29 is 14.7 Å². The molecule has 1 aromatic rings. The van der Waals surface area contributed by atoms with E-state index in [0.29, 0.717) is 25.3 Å². The first-order valence-electron chi connectivity index (χ1n) is 6.13. The van der Waals surface area contributed by atoms with Gasteiger partial charge in [0, 0.05) is 36.8 Å². The fraction of sp³-hybridized carbons (Fsp3) is 0.583. The first-order valence-corrected chi connectivity index (χ1v) is 6.13. The van der Waals surface area contributed by atoms with E-state index in [1.54, 1.807) is 6.20 Å². The number of carbonyl (C=O) groups excluding carboxylic acids is 1. The highest BCUT2D eigenvalue weighted by Crippen LogP contribution is 2.35. The van der Waals surface area contributed by atoms with Gasteiger partial charge in [-0.3, -0.25) is 9.59 Å². The Balaban J connectivity index is 1.95. The summed E-state index contributed by atoms with van der Waals surface area (Å²) in [4.78, 5) is 25.2. The molecule has 0 saturated heterocycles. The van der Waals surface area contributed by atoms with Gasteiger partial charge in [0.15, 0.2) is 0 Å². The van der Waals surface area contributed by atoms with Crippen LogP contribution in [0.1, 0.15) is 37.4 Å². The summed E-state index contributed by atoms with van der Waals surface area (Å²) in [5.41, 5.74) is 1.06. The van der Waals surface area contributed by atoms with Gasteiger partial charge in [-0.05, 0) is 19.3 Å². The SMILES string of the molecule is O=CNC(CCC(=O)O)Cc1cncn1C1CC1. The number of carboxylic acid groups (broad SMARTS) is 1. The molecule has 1 aromatic heterocycles. The Kier molecular flexibility index (Phi) is 3.96. The molecule has 6 nitrogen and oxygen atoms in total. The van der Waals surface area contributed by atoms with E-state index < -0.39 is 5.97 Å². The number of aliphatic carboxylic acids is 1. The molecule has 1 unspecified atom stereocenters. The van der Waals surface area contributed by atoms with Gasteiger partial charge in [-0.2, -0.15) is 0 Å². The molecular weight excluding hydrogens is 234 g/mol. The second-order valence-electron chi connectivity index (χ2n) is 4.64. The highest BCUT2D eigenvalue weighted by molar-refractivity contribution is 5.66. The fourth-order valence-electron chi connectivity index (χ4n) is 2.06. The summed E-state index contributed by atoms with van der Waals surface area (Å²) >= 11 is 0. The van der Waals surface area contributed by atoms with E-state index in [1.165, 1.54) is 12.8 Å². The van der Waals surface area contributed by atoms with Crippen LogP contribution in [0.5, 0.6) is 0 Å². The van der Waals surface area contributed by atoms with Gasteiger partial charge in [-0.15, -0.1) is 0 Å². The second kappa shape index (κ2) is 5.66. The molecule has 1 aliphatic rings. The van der Waals surface area contributed by atoms with Crippen LogP contribution in [0.25, 0.3) is 0 Å². The number of nitrogens with one attached hydrogen (secondary N) is 1. The standard InChI is InChI=1S/C12H17N3O3/c16-8-14-9(1-4-12(17)18)5-11-6-13-7-15(11)10-2-3-10/h6-10H,1-5H2,(H,14,16)(H,17,18). The average molecular weight is 251 g/mol. The summed E-state index contributed by atoms with van der Waals surface area (Å²) in [6.07, 6.45) is 7.69. The van der Waals surface area contributed by atoms with Crippen LogP contribution in [0.3, 0.4) is 0 Å². The molecule has 1 aliphatic carbocycles. The Bertz CT molecular complexity index is 426. The molecule has 0 aromatic carbocycles. The molecule has 1 heterocycles. The number of rotatable bonds is 8. The molecule has 0 aliphatic heterocycles. The smallest absolute Gasteiger partial charge is 0.303 e. The highest BCUT2D eigenvalue weighted by atomic mass is 16.4. The average Bonchev–Trinajstić information content (AvgIpc) is 3.07. The molecule has 1 saturated carbocycles. The predicted octanol–water partition coefficient (Wildman–Crippen LogP) is 0.740. The van der Waals surface area contributed by atoms with Crippen molar-refractivity contribution in [2.75, 3.05) is 0 Å². The van der Waals surface area contributed by atoms with Gasteiger partial charge in [0.1, 0.15) is 0 Å². The van der Waals surface area contributed by atoms with Crippen LogP contribution in [0.15, 0.2) is 12.5 Å². The van der Waals surface area contributed by atoms with Gasteiger partial charge in [-0.25, -0.2) is 4.98 Å².